The zero-order valence-electron chi connectivity index (χ0n) is 13.4. The van der Waals surface area contributed by atoms with Crippen molar-refractivity contribution in [2.75, 3.05) is 7.11 Å². The van der Waals surface area contributed by atoms with E-state index < -0.39 is 5.97 Å². The molecule has 0 spiro atoms. The van der Waals surface area contributed by atoms with Crippen LogP contribution in [0, 0.1) is 5.92 Å². The van der Waals surface area contributed by atoms with Crippen LogP contribution in [0.4, 0.5) is 0 Å². The number of nitrogens with zero attached hydrogens (tertiary/aromatic N) is 3. The van der Waals surface area contributed by atoms with E-state index in [1.807, 2.05) is 13.8 Å². The fourth-order valence-corrected chi connectivity index (χ4v) is 2.08. The van der Waals surface area contributed by atoms with Gasteiger partial charge in [0.25, 0.3) is 5.91 Å². The number of benzene rings is 1. The van der Waals surface area contributed by atoms with Crippen LogP contribution >= 0.6 is 0 Å². The molecule has 1 amide bonds. The highest BCUT2D eigenvalue weighted by molar-refractivity contribution is 5.96. The first kappa shape index (κ1) is 16.7. The first-order chi connectivity index (χ1) is 11.0. The van der Waals surface area contributed by atoms with Crippen molar-refractivity contribution in [2.45, 2.75) is 26.4 Å². The molecule has 0 unspecified atom stereocenters. The minimum Gasteiger partial charge on any atom is -0.465 e. The van der Waals surface area contributed by atoms with Crippen LogP contribution in [-0.4, -0.2) is 40.0 Å². The fourth-order valence-electron chi connectivity index (χ4n) is 2.08. The van der Waals surface area contributed by atoms with Gasteiger partial charge in [0.05, 0.1) is 31.5 Å². The van der Waals surface area contributed by atoms with Crippen molar-refractivity contribution >= 4 is 11.9 Å². The lowest BCUT2D eigenvalue weighted by atomic mass is 10.0. The summed E-state index contributed by atoms with van der Waals surface area (Å²) in [5.41, 5.74) is 0.897. The van der Waals surface area contributed by atoms with Gasteiger partial charge in [-0.25, -0.2) is 4.79 Å². The molecular formula is C16H20N4O3. The average Bonchev–Trinajstić information content (AvgIpc) is 3.06. The first-order valence-electron chi connectivity index (χ1n) is 7.34. The van der Waals surface area contributed by atoms with Gasteiger partial charge in [-0.1, -0.05) is 19.1 Å². The Morgan fingerprint density at radius 2 is 1.87 bits per heavy atom. The Kier molecular flexibility index (Phi) is 5.46. The van der Waals surface area contributed by atoms with Crippen LogP contribution in [0.5, 0.6) is 0 Å². The van der Waals surface area contributed by atoms with E-state index in [9.17, 15) is 9.59 Å². The molecule has 7 nitrogen and oxygen atoms in total. The van der Waals surface area contributed by atoms with Crippen LogP contribution in [0.3, 0.4) is 0 Å². The van der Waals surface area contributed by atoms with E-state index in [-0.39, 0.29) is 17.9 Å². The molecule has 0 saturated carbocycles. The van der Waals surface area contributed by atoms with Crippen LogP contribution in [0.2, 0.25) is 0 Å². The molecule has 0 radical (unpaired) electrons. The van der Waals surface area contributed by atoms with E-state index in [2.05, 4.69) is 20.4 Å². The minimum atomic E-state index is -0.428. The van der Waals surface area contributed by atoms with Crippen LogP contribution in [0.25, 0.3) is 0 Å². The van der Waals surface area contributed by atoms with Crippen LogP contribution in [-0.2, 0) is 11.3 Å². The molecule has 1 aromatic heterocycles. The lowest BCUT2D eigenvalue weighted by Gasteiger charge is -2.22. The number of esters is 1. The Bertz CT molecular complexity index is 650. The Labute approximate surface area is 134 Å². The van der Waals surface area contributed by atoms with Crippen LogP contribution < -0.4 is 5.32 Å². The van der Waals surface area contributed by atoms with Gasteiger partial charge in [-0.2, -0.15) is 0 Å². The second-order valence-electron chi connectivity index (χ2n) is 5.52. The third-order valence-corrected chi connectivity index (χ3v) is 3.55. The van der Waals surface area contributed by atoms with E-state index >= 15 is 0 Å². The molecule has 0 aliphatic heterocycles. The van der Waals surface area contributed by atoms with E-state index in [1.165, 1.54) is 7.11 Å². The minimum absolute atomic E-state index is 0.0792. The van der Waals surface area contributed by atoms with Crippen molar-refractivity contribution in [3.63, 3.8) is 0 Å². The number of rotatable bonds is 6. The molecule has 0 fully saturated rings. The number of carbonyl (C=O) groups is 2. The zero-order chi connectivity index (χ0) is 16.8. The molecule has 0 aliphatic carbocycles. The Morgan fingerprint density at radius 3 is 2.39 bits per heavy atom. The summed E-state index contributed by atoms with van der Waals surface area (Å²) in [7, 11) is 1.32. The number of hydrogen-bond acceptors (Lipinski definition) is 5. The normalized spacial score (nSPS) is 12.0. The summed E-state index contributed by atoms with van der Waals surface area (Å²) in [6.45, 7) is 4.61. The van der Waals surface area contributed by atoms with Crippen molar-refractivity contribution in [2.24, 2.45) is 5.92 Å². The number of methoxy groups -OCH3 is 1. The SMILES string of the molecule is COC(=O)c1ccc(C(=O)N[C@H](Cn2ccnn2)C(C)C)cc1. The molecule has 0 bridgehead atoms. The zero-order valence-corrected chi connectivity index (χ0v) is 13.4. The summed E-state index contributed by atoms with van der Waals surface area (Å²) in [6, 6.07) is 6.28. The van der Waals surface area contributed by atoms with E-state index in [0.717, 1.165) is 0 Å². The quantitative estimate of drug-likeness (QED) is 0.817. The van der Waals surface area contributed by atoms with E-state index in [4.69, 9.17) is 0 Å². The highest BCUT2D eigenvalue weighted by Gasteiger charge is 2.18. The van der Waals surface area contributed by atoms with Gasteiger partial charge in [0.15, 0.2) is 0 Å². The molecule has 122 valence electrons. The number of nitrogens with one attached hydrogen (secondary N) is 1. The van der Waals surface area contributed by atoms with E-state index in [1.54, 1.807) is 41.3 Å². The van der Waals surface area contributed by atoms with Crippen molar-refractivity contribution in [3.05, 3.63) is 47.8 Å². The van der Waals surface area contributed by atoms with Gasteiger partial charge >= 0.3 is 5.97 Å². The number of hydrogen-bond donors (Lipinski definition) is 1. The lowest BCUT2D eigenvalue weighted by Crippen LogP contribution is -2.41. The highest BCUT2D eigenvalue weighted by Crippen LogP contribution is 2.09. The summed E-state index contributed by atoms with van der Waals surface area (Å²) in [5.74, 6) is -0.388. The molecule has 0 aliphatic rings. The van der Waals surface area contributed by atoms with Gasteiger partial charge in [0.1, 0.15) is 0 Å². The number of aromatic nitrogens is 3. The summed E-state index contributed by atoms with van der Waals surface area (Å²) >= 11 is 0. The summed E-state index contributed by atoms with van der Waals surface area (Å²) in [5, 5.41) is 10.7. The molecular weight excluding hydrogens is 296 g/mol. The molecule has 0 saturated heterocycles. The summed E-state index contributed by atoms with van der Waals surface area (Å²) in [4.78, 5) is 23.8. The second-order valence-corrected chi connectivity index (χ2v) is 5.52. The molecule has 1 atom stereocenters. The number of carbonyl (C=O) groups excluding carboxylic acids is 2. The van der Waals surface area contributed by atoms with Gasteiger partial charge in [-0.05, 0) is 30.2 Å². The van der Waals surface area contributed by atoms with Gasteiger partial charge in [0, 0.05) is 11.8 Å². The number of ether oxygens (including phenoxy) is 1. The van der Waals surface area contributed by atoms with Crippen molar-refractivity contribution < 1.29 is 14.3 Å². The average molecular weight is 316 g/mol. The molecule has 1 aromatic carbocycles. The maximum atomic E-state index is 12.4. The van der Waals surface area contributed by atoms with Gasteiger partial charge in [-0.15, -0.1) is 5.10 Å². The van der Waals surface area contributed by atoms with Gasteiger partial charge in [0.2, 0.25) is 0 Å². The molecule has 23 heavy (non-hydrogen) atoms. The summed E-state index contributed by atoms with van der Waals surface area (Å²) in [6.07, 6.45) is 3.36. The molecule has 2 aromatic rings. The Morgan fingerprint density at radius 1 is 1.22 bits per heavy atom. The Hall–Kier alpha value is -2.70. The van der Waals surface area contributed by atoms with Crippen molar-refractivity contribution in [3.8, 4) is 0 Å². The first-order valence-corrected chi connectivity index (χ1v) is 7.34. The lowest BCUT2D eigenvalue weighted by molar-refractivity contribution is 0.0600. The molecule has 2 rings (SSSR count). The largest absolute Gasteiger partial charge is 0.465 e. The predicted molar refractivity (Wildman–Crippen MR) is 83.9 cm³/mol. The topological polar surface area (TPSA) is 86.1 Å². The second kappa shape index (κ2) is 7.53. The van der Waals surface area contributed by atoms with Gasteiger partial charge in [-0.3, -0.25) is 9.48 Å². The third-order valence-electron chi connectivity index (χ3n) is 3.55. The van der Waals surface area contributed by atoms with Crippen LogP contribution in [0.1, 0.15) is 34.6 Å². The smallest absolute Gasteiger partial charge is 0.337 e. The standard InChI is InChI=1S/C16H20N4O3/c1-11(2)14(10-20-9-8-17-19-20)18-15(21)12-4-6-13(7-5-12)16(22)23-3/h4-9,11,14H,10H2,1-3H3,(H,18,21)/t14-/m1/s1. The number of amides is 1. The molecule has 7 heteroatoms. The van der Waals surface area contributed by atoms with Gasteiger partial charge < -0.3 is 10.1 Å². The molecule has 1 N–H and O–H groups in total. The maximum absolute atomic E-state index is 12.4. The van der Waals surface area contributed by atoms with Crippen molar-refractivity contribution in [1.29, 1.82) is 0 Å². The fraction of sp³-hybridized carbons (Fsp3) is 0.375. The third kappa shape index (κ3) is 4.38. The van der Waals surface area contributed by atoms with E-state index in [0.29, 0.717) is 17.7 Å². The Balaban J connectivity index is 2.04. The highest BCUT2D eigenvalue weighted by atomic mass is 16.5. The summed E-state index contributed by atoms with van der Waals surface area (Å²) < 4.78 is 6.32. The predicted octanol–water partition coefficient (Wildman–Crippen LogP) is 1.52. The van der Waals surface area contributed by atoms with Crippen molar-refractivity contribution in [1.82, 2.24) is 20.3 Å². The van der Waals surface area contributed by atoms with Crippen LogP contribution in [0.15, 0.2) is 36.7 Å². The maximum Gasteiger partial charge on any atom is 0.337 e. The molecule has 1 heterocycles. The monoisotopic (exact) mass is 316 g/mol.